The minimum Gasteiger partial charge on any atom is -0.370 e. The number of nitrogens with zero attached hydrogens (tertiary/aromatic N) is 2. The van der Waals surface area contributed by atoms with Gasteiger partial charge in [-0.15, -0.1) is 0 Å². The third kappa shape index (κ3) is 5.05. The Labute approximate surface area is 140 Å². The van der Waals surface area contributed by atoms with Crippen molar-refractivity contribution in [1.29, 1.82) is 0 Å². The second-order valence-corrected chi connectivity index (χ2v) is 5.33. The molecule has 0 bridgehead atoms. The van der Waals surface area contributed by atoms with Crippen LogP contribution in [-0.4, -0.2) is 28.3 Å². The summed E-state index contributed by atoms with van der Waals surface area (Å²) in [6.07, 6.45) is 0.959. The molecule has 24 heavy (non-hydrogen) atoms. The number of amides is 2. The van der Waals surface area contributed by atoms with Gasteiger partial charge < -0.3 is 16.0 Å². The van der Waals surface area contributed by atoms with Crippen LogP contribution in [0, 0.1) is 6.92 Å². The molecule has 0 fully saturated rings. The first-order chi connectivity index (χ1) is 11.5. The zero-order chi connectivity index (χ0) is 17.5. The number of aromatic nitrogens is 2. The molecule has 2 amide bonds. The fraction of sp³-hybridized carbons (Fsp3) is 0.294. The number of anilines is 3. The lowest BCUT2D eigenvalue weighted by Crippen LogP contribution is -2.16. The van der Waals surface area contributed by atoms with Crippen molar-refractivity contribution in [1.82, 2.24) is 9.97 Å². The van der Waals surface area contributed by atoms with Crippen molar-refractivity contribution in [3.05, 3.63) is 41.9 Å². The first kappa shape index (κ1) is 17.4. The Morgan fingerprint density at radius 2 is 1.79 bits per heavy atom. The molecule has 126 valence electrons. The number of rotatable bonds is 6. The molecular weight excluding hydrogens is 306 g/mol. The molecule has 0 spiro atoms. The van der Waals surface area contributed by atoms with Crippen molar-refractivity contribution in [2.24, 2.45) is 0 Å². The van der Waals surface area contributed by atoms with Crippen LogP contribution in [0.15, 0.2) is 30.3 Å². The van der Waals surface area contributed by atoms with Gasteiger partial charge in [0.05, 0.1) is 0 Å². The molecule has 0 atom stereocenters. The Bertz CT molecular complexity index is 746. The topological polar surface area (TPSA) is 96.0 Å². The van der Waals surface area contributed by atoms with Crippen molar-refractivity contribution in [3.8, 4) is 0 Å². The third-order valence-corrected chi connectivity index (χ3v) is 3.07. The van der Waals surface area contributed by atoms with Crippen LogP contribution in [0.3, 0.4) is 0 Å². The average Bonchev–Trinajstić information content (AvgIpc) is 2.52. The maximum atomic E-state index is 12.4. The molecule has 2 rings (SSSR count). The molecule has 7 heteroatoms. The Morgan fingerprint density at radius 3 is 2.46 bits per heavy atom. The molecule has 0 saturated heterocycles. The van der Waals surface area contributed by atoms with E-state index in [2.05, 4.69) is 32.8 Å². The van der Waals surface area contributed by atoms with Gasteiger partial charge in [0.25, 0.3) is 5.91 Å². The fourth-order valence-electron chi connectivity index (χ4n) is 2.10. The molecule has 1 aromatic carbocycles. The minimum atomic E-state index is -0.333. The van der Waals surface area contributed by atoms with Gasteiger partial charge in [0, 0.05) is 30.9 Å². The van der Waals surface area contributed by atoms with Crippen LogP contribution in [0.2, 0.25) is 0 Å². The summed E-state index contributed by atoms with van der Waals surface area (Å²) in [5.74, 6) is 0.645. The normalized spacial score (nSPS) is 10.1. The molecule has 3 N–H and O–H groups in total. The van der Waals surface area contributed by atoms with Crippen LogP contribution in [0.4, 0.5) is 17.2 Å². The summed E-state index contributed by atoms with van der Waals surface area (Å²) in [6.45, 7) is 6.00. The average molecular weight is 327 g/mol. The van der Waals surface area contributed by atoms with Crippen molar-refractivity contribution in [3.63, 3.8) is 0 Å². The van der Waals surface area contributed by atoms with Gasteiger partial charge in [-0.3, -0.25) is 9.59 Å². The molecule has 2 aromatic rings. The Kier molecular flexibility index (Phi) is 5.83. The third-order valence-electron chi connectivity index (χ3n) is 3.07. The highest BCUT2D eigenvalue weighted by atomic mass is 16.2. The smallest absolute Gasteiger partial charge is 0.274 e. The second-order valence-electron chi connectivity index (χ2n) is 5.33. The first-order valence-electron chi connectivity index (χ1n) is 7.76. The van der Waals surface area contributed by atoms with Gasteiger partial charge in [0.15, 0.2) is 0 Å². The van der Waals surface area contributed by atoms with E-state index in [1.54, 1.807) is 37.3 Å². The van der Waals surface area contributed by atoms with Crippen LogP contribution in [0.5, 0.6) is 0 Å². The largest absolute Gasteiger partial charge is 0.370 e. The summed E-state index contributed by atoms with van der Waals surface area (Å²) in [5, 5.41) is 8.59. The van der Waals surface area contributed by atoms with E-state index in [0.29, 0.717) is 23.0 Å². The van der Waals surface area contributed by atoms with E-state index in [-0.39, 0.29) is 17.5 Å². The summed E-state index contributed by atoms with van der Waals surface area (Å²) >= 11 is 0. The van der Waals surface area contributed by atoms with Gasteiger partial charge in [0.2, 0.25) is 5.91 Å². The van der Waals surface area contributed by atoms with Crippen LogP contribution in [-0.2, 0) is 4.79 Å². The number of hydrogen-bond acceptors (Lipinski definition) is 5. The molecule has 0 aliphatic heterocycles. The van der Waals surface area contributed by atoms with Gasteiger partial charge in [-0.2, -0.15) is 0 Å². The van der Waals surface area contributed by atoms with Gasteiger partial charge in [-0.05, 0) is 31.5 Å². The van der Waals surface area contributed by atoms with Crippen LogP contribution in [0.1, 0.15) is 36.6 Å². The van der Waals surface area contributed by atoms with E-state index in [1.807, 2.05) is 0 Å². The SMILES string of the molecule is CCCNc1cc(C(=O)Nc2cccc(NC(C)=O)c2)nc(C)n1. The van der Waals surface area contributed by atoms with Gasteiger partial charge in [0.1, 0.15) is 17.3 Å². The summed E-state index contributed by atoms with van der Waals surface area (Å²) < 4.78 is 0. The lowest BCUT2D eigenvalue weighted by atomic mass is 10.2. The standard InChI is InChI=1S/C17H21N5O2/c1-4-8-18-16-10-15(19-11(2)20-16)17(24)22-14-7-5-6-13(9-14)21-12(3)23/h5-7,9-10H,4,8H2,1-3H3,(H,21,23)(H,22,24)(H,18,19,20). The highest BCUT2D eigenvalue weighted by Crippen LogP contribution is 2.16. The number of aryl methyl sites for hydroxylation is 1. The van der Waals surface area contributed by atoms with Crippen molar-refractivity contribution >= 4 is 29.0 Å². The van der Waals surface area contributed by atoms with Gasteiger partial charge >= 0.3 is 0 Å². The number of carbonyl (C=O) groups excluding carboxylic acids is 2. The number of carbonyl (C=O) groups is 2. The second kappa shape index (κ2) is 8.05. The first-order valence-corrected chi connectivity index (χ1v) is 7.76. The molecule has 0 radical (unpaired) electrons. The molecular formula is C17H21N5O2. The highest BCUT2D eigenvalue weighted by molar-refractivity contribution is 6.03. The summed E-state index contributed by atoms with van der Waals surface area (Å²) in [6, 6.07) is 8.55. The number of hydrogen-bond donors (Lipinski definition) is 3. The fourth-order valence-corrected chi connectivity index (χ4v) is 2.10. The predicted molar refractivity (Wildman–Crippen MR) is 94.2 cm³/mol. The Hall–Kier alpha value is -2.96. The van der Waals surface area contributed by atoms with E-state index >= 15 is 0 Å². The lowest BCUT2D eigenvalue weighted by molar-refractivity contribution is -0.114. The summed E-state index contributed by atoms with van der Waals surface area (Å²) in [7, 11) is 0. The van der Waals surface area contributed by atoms with Gasteiger partial charge in [-0.25, -0.2) is 9.97 Å². The van der Waals surface area contributed by atoms with Crippen molar-refractivity contribution in [2.45, 2.75) is 27.2 Å². The van der Waals surface area contributed by atoms with E-state index in [0.717, 1.165) is 13.0 Å². The molecule has 0 aliphatic carbocycles. The van der Waals surface area contributed by atoms with Crippen molar-refractivity contribution < 1.29 is 9.59 Å². The summed E-state index contributed by atoms with van der Waals surface area (Å²) in [4.78, 5) is 32.0. The van der Waals surface area contributed by atoms with Crippen LogP contribution < -0.4 is 16.0 Å². The predicted octanol–water partition coefficient (Wildman–Crippen LogP) is 2.82. The molecule has 0 unspecified atom stereocenters. The zero-order valence-corrected chi connectivity index (χ0v) is 14.0. The number of benzene rings is 1. The quantitative estimate of drug-likeness (QED) is 0.758. The summed E-state index contributed by atoms with van der Waals surface area (Å²) in [5.41, 5.74) is 1.47. The van der Waals surface area contributed by atoms with Crippen molar-refractivity contribution in [2.75, 3.05) is 22.5 Å². The van der Waals surface area contributed by atoms with E-state index in [1.165, 1.54) is 6.92 Å². The van der Waals surface area contributed by atoms with Crippen LogP contribution in [0.25, 0.3) is 0 Å². The van der Waals surface area contributed by atoms with E-state index in [4.69, 9.17) is 0 Å². The molecule has 1 heterocycles. The Morgan fingerprint density at radius 1 is 1.08 bits per heavy atom. The highest BCUT2D eigenvalue weighted by Gasteiger charge is 2.11. The molecule has 0 saturated carbocycles. The van der Waals surface area contributed by atoms with Crippen LogP contribution >= 0.6 is 0 Å². The lowest BCUT2D eigenvalue weighted by Gasteiger charge is -2.09. The molecule has 1 aromatic heterocycles. The zero-order valence-electron chi connectivity index (χ0n) is 14.0. The number of nitrogens with one attached hydrogen (secondary N) is 3. The molecule has 0 aliphatic rings. The molecule has 7 nitrogen and oxygen atoms in total. The maximum absolute atomic E-state index is 12.4. The van der Waals surface area contributed by atoms with E-state index < -0.39 is 0 Å². The Balaban J connectivity index is 2.14. The maximum Gasteiger partial charge on any atom is 0.274 e. The monoisotopic (exact) mass is 327 g/mol. The van der Waals surface area contributed by atoms with Gasteiger partial charge in [-0.1, -0.05) is 13.0 Å². The minimum absolute atomic E-state index is 0.170. The van der Waals surface area contributed by atoms with E-state index in [9.17, 15) is 9.59 Å².